The molecule has 0 aliphatic carbocycles. The molecule has 2 aromatic heterocycles. The summed E-state index contributed by atoms with van der Waals surface area (Å²) in [5.74, 6) is -0.0203. The number of thiazole rings is 1. The van der Waals surface area contributed by atoms with Crippen molar-refractivity contribution in [3.8, 4) is 10.6 Å². The third kappa shape index (κ3) is 4.22. The van der Waals surface area contributed by atoms with E-state index in [-0.39, 0.29) is 5.91 Å². The van der Waals surface area contributed by atoms with Crippen molar-refractivity contribution in [2.24, 2.45) is 0 Å². The molecule has 0 bridgehead atoms. The number of rotatable bonds is 6. The van der Waals surface area contributed by atoms with E-state index < -0.39 is 0 Å². The second kappa shape index (κ2) is 8.20. The number of carbonyl (C=O) groups is 1. The van der Waals surface area contributed by atoms with Gasteiger partial charge in [-0.2, -0.15) is 11.3 Å². The van der Waals surface area contributed by atoms with Gasteiger partial charge in [-0.3, -0.25) is 9.69 Å². The third-order valence-electron chi connectivity index (χ3n) is 4.53. The van der Waals surface area contributed by atoms with Crippen LogP contribution in [0.1, 0.15) is 23.5 Å². The van der Waals surface area contributed by atoms with E-state index in [9.17, 15) is 4.79 Å². The van der Waals surface area contributed by atoms with Crippen molar-refractivity contribution in [2.45, 2.75) is 19.9 Å². The lowest BCUT2D eigenvalue weighted by Gasteiger charge is -2.37. The summed E-state index contributed by atoms with van der Waals surface area (Å²) in [4.78, 5) is 22.3. The fourth-order valence-electron chi connectivity index (χ4n) is 2.88. The van der Waals surface area contributed by atoms with Crippen LogP contribution in [0.4, 0.5) is 0 Å². The molecule has 0 saturated carbocycles. The Morgan fingerprint density at radius 1 is 1.38 bits per heavy atom. The van der Waals surface area contributed by atoms with E-state index >= 15 is 0 Å². The summed E-state index contributed by atoms with van der Waals surface area (Å²) >= 11 is 3.09. The highest BCUT2D eigenvalue weighted by molar-refractivity contribution is 7.17. The first-order valence-electron chi connectivity index (χ1n) is 8.40. The maximum atomic E-state index is 12.3. The quantitative estimate of drug-likeness (QED) is 0.856. The number of nitrogens with one attached hydrogen (secondary N) is 1. The summed E-state index contributed by atoms with van der Waals surface area (Å²) in [6.45, 7) is 10.6. The molecule has 1 aliphatic heterocycles. The van der Waals surface area contributed by atoms with Crippen LogP contribution < -0.4 is 5.32 Å². The zero-order chi connectivity index (χ0) is 16.9. The van der Waals surface area contributed by atoms with Crippen LogP contribution in [0.3, 0.4) is 0 Å². The molecule has 1 atom stereocenters. The normalized spacial score (nSPS) is 17.8. The highest BCUT2D eigenvalue weighted by atomic mass is 32.1. The number of nitrogens with zero attached hydrogens (tertiary/aromatic N) is 3. The Morgan fingerprint density at radius 3 is 2.83 bits per heavy atom. The number of carbonyl (C=O) groups excluding carboxylic acids is 1. The standard InChI is InChI=1S/C17H24N4OS2/c1-3-20-5-7-21(8-6-20)13(2)10-18-16(22)15-11-19-17(24-15)14-4-9-23-12-14/h4,9,11-13H,3,5-8,10H2,1-2H3,(H,18,22)/t13-/m0/s1. The molecule has 3 heterocycles. The zero-order valence-corrected chi connectivity index (χ0v) is 15.8. The first-order valence-corrected chi connectivity index (χ1v) is 10.2. The van der Waals surface area contributed by atoms with Gasteiger partial charge in [0.15, 0.2) is 0 Å². The van der Waals surface area contributed by atoms with E-state index in [1.54, 1.807) is 17.5 Å². The van der Waals surface area contributed by atoms with E-state index in [0.29, 0.717) is 17.5 Å². The maximum Gasteiger partial charge on any atom is 0.263 e. The van der Waals surface area contributed by atoms with Crippen LogP contribution in [0, 0.1) is 0 Å². The molecular formula is C17H24N4OS2. The van der Waals surface area contributed by atoms with Crippen molar-refractivity contribution in [3.05, 3.63) is 27.9 Å². The lowest BCUT2D eigenvalue weighted by Crippen LogP contribution is -2.52. The molecule has 5 nitrogen and oxygen atoms in total. The van der Waals surface area contributed by atoms with Gasteiger partial charge in [0.1, 0.15) is 9.88 Å². The molecule has 24 heavy (non-hydrogen) atoms. The average molecular weight is 365 g/mol. The van der Waals surface area contributed by atoms with E-state index in [1.807, 2.05) is 11.4 Å². The number of hydrogen-bond donors (Lipinski definition) is 1. The third-order valence-corrected chi connectivity index (χ3v) is 6.26. The first-order chi connectivity index (χ1) is 11.7. The fraction of sp³-hybridized carbons (Fsp3) is 0.529. The topological polar surface area (TPSA) is 48.5 Å². The predicted molar refractivity (Wildman–Crippen MR) is 101 cm³/mol. The van der Waals surface area contributed by atoms with Gasteiger partial charge in [0.2, 0.25) is 0 Å². The van der Waals surface area contributed by atoms with E-state index in [4.69, 9.17) is 0 Å². The van der Waals surface area contributed by atoms with Crippen molar-refractivity contribution < 1.29 is 4.79 Å². The smallest absolute Gasteiger partial charge is 0.263 e. The number of likely N-dealkylation sites (N-methyl/N-ethyl adjacent to an activating group) is 1. The predicted octanol–water partition coefficient (Wildman–Crippen LogP) is 2.63. The van der Waals surface area contributed by atoms with Gasteiger partial charge < -0.3 is 10.2 Å². The van der Waals surface area contributed by atoms with Crippen molar-refractivity contribution in [1.82, 2.24) is 20.1 Å². The maximum absolute atomic E-state index is 12.3. The van der Waals surface area contributed by atoms with Gasteiger partial charge in [0, 0.05) is 49.7 Å². The van der Waals surface area contributed by atoms with Crippen LogP contribution in [0.15, 0.2) is 23.0 Å². The Hall–Kier alpha value is -1.28. The molecule has 0 spiro atoms. The Labute approximate surface area is 151 Å². The second-order valence-electron chi connectivity index (χ2n) is 6.07. The molecule has 0 radical (unpaired) electrons. The van der Waals surface area contributed by atoms with Crippen LogP contribution >= 0.6 is 22.7 Å². The van der Waals surface area contributed by atoms with E-state index in [0.717, 1.165) is 43.3 Å². The fourth-order valence-corrected chi connectivity index (χ4v) is 4.42. The molecule has 0 aromatic carbocycles. The number of hydrogen-bond acceptors (Lipinski definition) is 6. The molecule has 1 fully saturated rings. The number of thiophene rings is 1. The molecule has 1 N–H and O–H groups in total. The molecular weight excluding hydrogens is 340 g/mol. The minimum atomic E-state index is -0.0203. The summed E-state index contributed by atoms with van der Waals surface area (Å²) in [6.07, 6.45) is 1.68. The van der Waals surface area contributed by atoms with Gasteiger partial charge in [0.05, 0.1) is 6.20 Å². The van der Waals surface area contributed by atoms with Crippen LogP contribution in [0.25, 0.3) is 10.6 Å². The van der Waals surface area contributed by atoms with Crippen molar-refractivity contribution >= 4 is 28.6 Å². The van der Waals surface area contributed by atoms with Crippen LogP contribution in [0.5, 0.6) is 0 Å². The van der Waals surface area contributed by atoms with Crippen LogP contribution in [-0.4, -0.2) is 66.0 Å². The van der Waals surface area contributed by atoms with E-state index in [2.05, 4.69) is 39.3 Å². The van der Waals surface area contributed by atoms with Gasteiger partial charge in [0.25, 0.3) is 5.91 Å². The van der Waals surface area contributed by atoms with Gasteiger partial charge >= 0.3 is 0 Å². The summed E-state index contributed by atoms with van der Waals surface area (Å²) in [6, 6.07) is 2.39. The number of piperazine rings is 1. The Morgan fingerprint density at radius 2 is 2.17 bits per heavy atom. The largest absolute Gasteiger partial charge is 0.350 e. The number of amides is 1. The molecule has 1 saturated heterocycles. The Kier molecular flexibility index (Phi) is 5.99. The summed E-state index contributed by atoms with van der Waals surface area (Å²) in [5, 5.41) is 8.04. The first kappa shape index (κ1) is 17.5. The zero-order valence-electron chi connectivity index (χ0n) is 14.2. The second-order valence-corrected chi connectivity index (χ2v) is 7.88. The summed E-state index contributed by atoms with van der Waals surface area (Å²) in [7, 11) is 0. The highest BCUT2D eigenvalue weighted by Gasteiger charge is 2.21. The molecule has 3 rings (SSSR count). The van der Waals surface area contributed by atoms with Crippen LogP contribution in [0.2, 0.25) is 0 Å². The lowest BCUT2D eigenvalue weighted by atomic mass is 10.2. The van der Waals surface area contributed by atoms with E-state index in [1.165, 1.54) is 11.3 Å². The van der Waals surface area contributed by atoms with Crippen LogP contribution in [-0.2, 0) is 0 Å². The summed E-state index contributed by atoms with van der Waals surface area (Å²) < 4.78 is 0. The van der Waals surface area contributed by atoms with Gasteiger partial charge in [-0.1, -0.05) is 6.92 Å². The Bertz CT molecular complexity index is 647. The Balaban J connectivity index is 1.49. The molecule has 1 aliphatic rings. The molecule has 0 unspecified atom stereocenters. The number of aromatic nitrogens is 1. The summed E-state index contributed by atoms with van der Waals surface area (Å²) in [5.41, 5.74) is 1.09. The van der Waals surface area contributed by atoms with Gasteiger partial charge in [-0.05, 0) is 24.9 Å². The molecule has 7 heteroatoms. The average Bonchev–Trinajstić information content (AvgIpc) is 3.30. The van der Waals surface area contributed by atoms with Crippen molar-refractivity contribution in [2.75, 3.05) is 39.3 Å². The van der Waals surface area contributed by atoms with Crippen molar-refractivity contribution in [3.63, 3.8) is 0 Å². The minimum absolute atomic E-state index is 0.0203. The molecule has 1 amide bonds. The van der Waals surface area contributed by atoms with Gasteiger partial charge in [-0.15, -0.1) is 11.3 Å². The van der Waals surface area contributed by atoms with Gasteiger partial charge in [-0.25, -0.2) is 4.98 Å². The molecule has 2 aromatic rings. The highest BCUT2D eigenvalue weighted by Crippen LogP contribution is 2.26. The van der Waals surface area contributed by atoms with Crippen molar-refractivity contribution in [1.29, 1.82) is 0 Å². The lowest BCUT2D eigenvalue weighted by molar-refractivity contribution is 0.0886. The minimum Gasteiger partial charge on any atom is -0.350 e. The SMILES string of the molecule is CCN1CCN([C@@H](C)CNC(=O)c2cnc(-c3ccsc3)s2)CC1. The molecule has 130 valence electrons. The monoisotopic (exact) mass is 364 g/mol.